The van der Waals surface area contributed by atoms with Gasteiger partial charge in [0, 0.05) is 18.0 Å². The van der Waals surface area contributed by atoms with Gasteiger partial charge in [0.1, 0.15) is 11.6 Å². The van der Waals surface area contributed by atoms with Gasteiger partial charge in [0.05, 0.1) is 4.47 Å². The minimum Gasteiger partial charge on any atom is -0.314 e. The molecule has 0 bridgehead atoms. The normalized spacial score (nSPS) is 13.5. The summed E-state index contributed by atoms with van der Waals surface area (Å²) in [7, 11) is 0. The van der Waals surface area contributed by atoms with Crippen LogP contribution in [0.25, 0.3) is 0 Å². The first-order valence-corrected chi connectivity index (χ1v) is 7.46. The van der Waals surface area contributed by atoms with Gasteiger partial charge in [-0.25, -0.2) is 8.78 Å². The highest BCUT2D eigenvalue weighted by atomic mass is 79.9. The van der Waals surface area contributed by atoms with Crippen LogP contribution in [0.2, 0.25) is 0 Å². The number of halogens is 6. The zero-order valence-electron chi connectivity index (χ0n) is 11.5. The van der Waals surface area contributed by atoms with E-state index >= 15 is 0 Å². The Labute approximate surface area is 129 Å². The van der Waals surface area contributed by atoms with E-state index in [1.165, 1.54) is 6.07 Å². The summed E-state index contributed by atoms with van der Waals surface area (Å²) in [6.07, 6.45) is -4.86. The first-order valence-electron chi connectivity index (χ1n) is 6.67. The molecule has 0 amide bonds. The standard InChI is InChI=1S/C14H17BrF5N/c1-2-7-21-9(5-6-14(18,19)20)8-10-12(16)4-3-11(15)13(10)17/h3-4,9,21H,2,5-8H2,1H3. The van der Waals surface area contributed by atoms with E-state index in [0.29, 0.717) is 6.54 Å². The SMILES string of the molecule is CCCNC(CCC(F)(F)F)Cc1c(F)ccc(Br)c1F. The lowest BCUT2D eigenvalue weighted by atomic mass is 10.0. The number of rotatable bonds is 7. The smallest absolute Gasteiger partial charge is 0.314 e. The molecular weight excluding hydrogens is 357 g/mol. The molecule has 0 spiro atoms. The lowest BCUT2D eigenvalue weighted by molar-refractivity contribution is -0.136. The molecule has 1 rings (SSSR count). The summed E-state index contributed by atoms with van der Waals surface area (Å²) in [5, 5.41) is 2.92. The highest BCUT2D eigenvalue weighted by Crippen LogP contribution is 2.26. The van der Waals surface area contributed by atoms with Gasteiger partial charge in [0.15, 0.2) is 0 Å². The van der Waals surface area contributed by atoms with E-state index in [0.717, 1.165) is 12.5 Å². The maximum Gasteiger partial charge on any atom is 0.389 e. The number of alkyl halides is 3. The van der Waals surface area contributed by atoms with E-state index in [4.69, 9.17) is 0 Å². The first-order chi connectivity index (χ1) is 9.74. The van der Waals surface area contributed by atoms with Crippen molar-refractivity contribution < 1.29 is 22.0 Å². The van der Waals surface area contributed by atoms with Gasteiger partial charge in [-0.3, -0.25) is 0 Å². The molecule has 1 atom stereocenters. The third-order valence-electron chi connectivity index (χ3n) is 3.05. The second-order valence-corrected chi connectivity index (χ2v) is 5.69. The van der Waals surface area contributed by atoms with Gasteiger partial charge in [-0.1, -0.05) is 6.92 Å². The Bertz CT molecular complexity index is 461. The fourth-order valence-corrected chi connectivity index (χ4v) is 2.34. The topological polar surface area (TPSA) is 12.0 Å². The molecular formula is C14H17BrF5N. The summed E-state index contributed by atoms with van der Waals surface area (Å²) in [5.74, 6) is -1.50. The molecule has 0 saturated carbocycles. The van der Waals surface area contributed by atoms with E-state index in [1.807, 2.05) is 6.92 Å². The van der Waals surface area contributed by atoms with Crippen molar-refractivity contribution in [3.05, 3.63) is 33.8 Å². The summed E-state index contributed by atoms with van der Waals surface area (Å²) in [5.41, 5.74) is -0.194. The minimum absolute atomic E-state index is 0.101. The van der Waals surface area contributed by atoms with Crippen LogP contribution in [0, 0.1) is 11.6 Å². The molecule has 1 N–H and O–H groups in total. The summed E-state index contributed by atoms with van der Waals surface area (Å²) >= 11 is 2.95. The Kier molecular flexibility index (Phi) is 7.06. The van der Waals surface area contributed by atoms with Gasteiger partial charge in [0.25, 0.3) is 0 Å². The van der Waals surface area contributed by atoms with Crippen molar-refractivity contribution in [1.29, 1.82) is 0 Å². The number of benzene rings is 1. The molecule has 0 aromatic heterocycles. The van der Waals surface area contributed by atoms with Crippen molar-refractivity contribution in [2.45, 2.75) is 44.8 Å². The van der Waals surface area contributed by atoms with Gasteiger partial charge in [0.2, 0.25) is 0 Å². The molecule has 0 radical (unpaired) electrons. The van der Waals surface area contributed by atoms with Gasteiger partial charge in [-0.05, 0) is 53.9 Å². The fourth-order valence-electron chi connectivity index (χ4n) is 1.97. The van der Waals surface area contributed by atoms with Crippen LogP contribution in [0.3, 0.4) is 0 Å². The molecule has 120 valence electrons. The Balaban J connectivity index is 2.83. The molecule has 1 aromatic carbocycles. The van der Waals surface area contributed by atoms with Crippen LogP contribution in [0.4, 0.5) is 22.0 Å². The average molecular weight is 374 g/mol. The summed E-state index contributed by atoms with van der Waals surface area (Å²) < 4.78 is 64.6. The Hall–Kier alpha value is -0.690. The Morgan fingerprint density at radius 2 is 1.90 bits per heavy atom. The molecule has 21 heavy (non-hydrogen) atoms. The molecule has 0 aliphatic rings. The minimum atomic E-state index is -4.28. The van der Waals surface area contributed by atoms with Crippen LogP contribution < -0.4 is 5.32 Å². The number of hydrogen-bond donors (Lipinski definition) is 1. The van der Waals surface area contributed by atoms with Crippen molar-refractivity contribution >= 4 is 15.9 Å². The van der Waals surface area contributed by atoms with E-state index in [9.17, 15) is 22.0 Å². The molecule has 0 aliphatic carbocycles. The Morgan fingerprint density at radius 1 is 1.24 bits per heavy atom. The molecule has 7 heteroatoms. The molecule has 1 nitrogen and oxygen atoms in total. The third-order valence-corrected chi connectivity index (χ3v) is 3.66. The molecule has 0 aliphatic heterocycles. The monoisotopic (exact) mass is 373 g/mol. The molecule has 0 fully saturated rings. The summed E-state index contributed by atoms with van der Waals surface area (Å²) in [6, 6.07) is 1.71. The largest absolute Gasteiger partial charge is 0.389 e. The summed E-state index contributed by atoms with van der Waals surface area (Å²) in [4.78, 5) is 0. The van der Waals surface area contributed by atoms with E-state index in [-0.39, 0.29) is 22.9 Å². The van der Waals surface area contributed by atoms with Crippen molar-refractivity contribution in [1.82, 2.24) is 5.32 Å². The van der Waals surface area contributed by atoms with Crippen LogP contribution in [-0.2, 0) is 6.42 Å². The number of hydrogen-bond acceptors (Lipinski definition) is 1. The zero-order valence-corrected chi connectivity index (χ0v) is 13.1. The van der Waals surface area contributed by atoms with Gasteiger partial charge >= 0.3 is 6.18 Å². The van der Waals surface area contributed by atoms with Crippen LogP contribution in [0.5, 0.6) is 0 Å². The highest BCUT2D eigenvalue weighted by Gasteiger charge is 2.29. The van der Waals surface area contributed by atoms with E-state index in [2.05, 4.69) is 21.2 Å². The predicted molar refractivity (Wildman–Crippen MR) is 75.1 cm³/mol. The zero-order chi connectivity index (χ0) is 16.0. The molecule has 1 aromatic rings. The van der Waals surface area contributed by atoms with E-state index in [1.54, 1.807) is 0 Å². The third kappa shape index (κ3) is 6.30. The quantitative estimate of drug-likeness (QED) is 0.524. The molecule has 0 saturated heterocycles. The van der Waals surface area contributed by atoms with Crippen molar-refractivity contribution in [3.63, 3.8) is 0 Å². The summed E-state index contributed by atoms with van der Waals surface area (Å²) in [6.45, 7) is 2.37. The van der Waals surface area contributed by atoms with Crippen LogP contribution in [0.1, 0.15) is 31.7 Å². The van der Waals surface area contributed by atoms with Crippen LogP contribution >= 0.6 is 15.9 Å². The highest BCUT2D eigenvalue weighted by molar-refractivity contribution is 9.10. The van der Waals surface area contributed by atoms with Crippen LogP contribution in [0.15, 0.2) is 16.6 Å². The molecule has 0 heterocycles. The predicted octanol–water partition coefficient (Wildman–Crippen LogP) is 4.98. The average Bonchev–Trinajstić information content (AvgIpc) is 2.40. The van der Waals surface area contributed by atoms with Gasteiger partial charge < -0.3 is 5.32 Å². The van der Waals surface area contributed by atoms with Crippen molar-refractivity contribution in [3.8, 4) is 0 Å². The Morgan fingerprint density at radius 3 is 2.48 bits per heavy atom. The molecule has 1 unspecified atom stereocenters. The van der Waals surface area contributed by atoms with Gasteiger partial charge in [-0.15, -0.1) is 0 Å². The van der Waals surface area contributed by atoms with E-state index < -0.39 is 30.3 Å². The van der Waals surface area contributed by atoms with Crippen LogP contribution in [-0.4, -0.2) is 18.8 Å². The maximum absolute atomic E-state index is 13.9. The number of nitrogens with one attached hydrogen (secondary N) is 1. The second kappa shape index (κ2) is 8.08. The van der Waals surface area contributed by atoms with Crippen molar-refractivity contribution in [2.75, 3.05) is 6.54 Å². The lowest BCUT2D eigenvalue weighted by Crippen LogP contribution is -2.33. The first kappa shape index (κ1) is 18.4. The van der Waals surface area contributed by atoms with Crippen molar-refractivity contribution in [2.24, 2.45) is 0 Å². The maximum atomic E-state index is 13.9. The second-order valence-electron chi connectivity index (χ2n) is 4.83. The van der Waals surface area contributed by atoms with Gasteiger partial charge in [-0.2, -0.15) is 13.2 Å². The fraction of sp³-hybridized carbons (Fsp3) is 0.571. The lowest BCUT2D eigenvalue weighted by Gasteiger charge is -2.20.